The molecule has 2 amide bonds. The number of nitrogens with zero attached hydrogens (tertiary/aromatic N) is 2. The highest BCUT2D eigenvalue weighted by Crippen LogP contribution is 2.20. The van der Waals surface area contributed by atoms with Crippen LogP contribution < -0.4 is 9.62 Å². The second kappa shape index (κ2) is 11.8. The normalized spacial score (nSPS) is 13.1. The Labute approximate surface area is 197 Å². The fraction of sp³-hybridized carbons (Fsp3) is 0.440. The molecular formula is C25H35N3O4S. The Bertz CT molecular complexity index is 1020. The van der Waals surface area contributed by atoms with E-state index in [1.54, 1.807) is 24.3 Å². The zero-order valence-electron chi connectivity index (χ0n) is 20.1. The van der Waals surface area contributed by atoms with E-state index >= 15 is 0 Å². The highest BCUT2D eigenvalue weighted by Gasteiger charge is 2.32. The second-order valence-electron chi connectivity index (χ2n) is 8.35. The summed E-state index contributed by atoms with van der Waals surface area (Å²) in [5.41, 5.74) is 2.26. The SMILES string of the molecule is CCC(C)NC(=O)C(CC)N(Cc1ccccc1)C(=O)CN(c1ccc(C)cc1)S(C)(=O)=O. The number of carbonyl (C=O) groups is 2. The van der Waals surface area contributed by atoms with Crippen molar-refractivity contribution < 1.29 is 18.0 Å². The quantitative estimate of drug-likeness (QED) is 0.541. The summed E-state index contributed by atoms with van der Waals surface area (Å²) in [6, 6.07) is 15.6. The van der Waals surface area contributed by atoms with Crippen LogP contribution in [0.1, 0.15) is 44.7 Å². The maximum Gasteiger partial charge on any atom is 0.244 e. The lowest BCUT2D eigenvalue weighted by atomic mass is 10.1. The Morgan fingerprint density at radius 2 is 1.58 bits per heavy atom. The van der Waals surface area contributed by atoms with Gasteiger partial charge < -0.3 is 10.2 Å². The Morgan fingerprint density at radius 1 is 0.970 bits per heavy atom. The van der Waals surface area contributed by atoms with Crippen LogP contribution in [0.2, 0.25) is 0 Å². The smallest absolute Gasteiger partial charge is 0.244 e. The molecule has 33 heavy (non-hydrogen) atoms. The lowest BCUT2D eigenvalue weighted by Crippen LogP contribution is -2.53. The fourth-order valence-electron chi connectivity index (χ4n) is 3.47. The summed E-state index contributed by atoms with van der Waals surface area (Å²) in [5, 5.41) is 2.96. The molecule has 2 aromatic carbocycles. The van der Waals surface area contributed by atoms with E-state index in [9.17, 15) is 18.0 Å². The predicted octanol–water partition coefficient (Wildman–Crippen LogP) is 3.48. The molecule has 0 aliphatic heterocycles. The average Bonchev–Trinajstić information content (AvgIpc) is 2.77. The number of aryl methyl sites for hydroxylation is 1. The van der Waals surface area contributed by atoms with E-state index < -0.39 is 22.0 Å². The largest absolute Gasteiger partial charge is 0.352 e. The summed E-state index contributed by atoms with van der Waals surface area (Å²) in [6.45, 7) is 7.46. The van der Waals surface area contributed by atoms with Gasteiger partial charge in [-0.1, -0.05) is 61.9 Å². The molecule has 0 heterocycles. The minimum atomic E-state index is -3.72. The molecule has 2 atom stereocenters. The number of nitrogens with one attached hydrogen (secondary N) is 1. The van der Waals surface area contributed by atoms with Crippen molar-refractivity contribution in [2.45, 2.75) is 59.2 Å². The van der Waals surface area contributed by atoms with E-state index in [-0.39, 0.29) is 25.0 Å². The molecule has 2 aromatic rings. The maximum absolute atomic E-state index is 13.5. The molecule has 0 aliphatic carbocycles. The van der Waals surface area contributed by atoms with Gasteiger partial charge >= 0.3 is 0 Å². The van der Waals surface area contributed by atoms with Gasteiger partial charge in [-0.05, 0) is 44.4 Å². The first-order valence-electron chi connectivity index (χ1n) is 11.2. The average molecular weight is 474 g/mol. The van der Waals surface area contributed by atoms with Crippen molar-refractivity contribution in [2.24, 2.45) is 0 Å². The van der Waals surface area contributed by atoms with Gasteiger partial charge in [0, 0.05) is 12.6 Å². The van der Waals surface area contributed by atoms with Gasteiger partial charge in [0.2, 0.25) is 21.8 Å². The molecule has 180 valence electrons. The molecule has 0 radical (unpaired) electrons. The minimum Gasteiger partial charge on any atom is -0.352 e. The van der Waals surface area contributed by atoms with Gasteiger partial charge in [0.1, 0.15) is 12.6 Å². The molecule has 0 saturated carbocycles. The highest BCUT2D eigenvalue weighted by atomic mass is 32.2. The maximum atomic E-state index is 13.5. The summed E-state index contributed by atoms with van der Waals surface area (Å²) in [5.74, 6) is -0.673. The molecule has 0 saturated heterocycles. The Balaban J connectivity index is 2.39. The fourth-order valence-corrected chi connectivity index (χ4v) is 4.32. The summed E-state index contributed by atoms with van der Waals surface area (Å²) in [7, 11) is -3.72. The zero-order valence-corrected chi connectivity index (χ0v) is 20.9. The first-order valence-corrected chi connectivity index (χ1v) is 13.1. The molecule has 8 heteroatoms. The van der Waals surface area contributed by atoms with Crippen LogP contribution in [0.5, 0.6) is 0 Å². The Kier molecular flexibility index (Phi) is 9.46. The lowest BCUT2D eigenvalue weighted by molar-refractivity contribution is -0.140. The predicted molar refractivity (Wildman–Crippen MR) is 132 cm³/mol. The van der Waals surface area contributed by atoms with Crippen LogP contribution in [0.3, 0.4) is 0 Å². The van der Waals surface area contributed by atoms with Gasteiger partial charge in [-0.3, -0.25) is 13.9 Å². The summed E-state index contributed by atoms with van der Waals surface area (Å²) in [6.07, 6.45) is 2.25. The van der Waals surface area contributed by atoms with Crippen LogP contribution in [0.25, 0.3) is 0 Å². The van der Waals surface area contributed by atoms with Gasteiger partial charge in [0.05, 0.1) is 11.9 Å². The van der Waals surface area contributed by atoms with E-state index in [0.717, 1.165) is 28.1 Å². The summed E-state index contributed by atoms with van der Waals surface area (Å²) in [4.78, 5) is 28.1. The molecule has 0 fully saturated rings. The molecule has 7 nitrogen and oxygen atoms in total. The molecule has 0 aliphatic rings. The first-order chi connectivity index (χ1) is 15.6. The van der Waals surface area contributed by atoms with E-state index in [0.29, 0.717) is 12.1 Å². The van der Waals surface area contributed by atoms with Crippen molar-refractivity contribution >= 4 is 27.5 Å². The molecule has 1 N–H and O–H groups in total. The van der Waals surface area contributed by atoms with Crippen molar-refractivity contribution in [2.75, 3.05) is 17.1 Å². The monoisotopic (exact) mass is 473 g/mol. The van der Waals surface area contributed by atoms with Crippen LogP contribution in [0.15, 0.2) is 54.6 Å². The van der Waals surface area contributed by atoms with Crippen molar-refractivity contribution in [1.29, 1.82) is 0 Å². The summed E-state index contributed by atoms with van der Waals surface area (Å²) >= 11 is 0. The number of sulfonamides is 1. The van der Waals surface area contributed by atoms with Gasteiger partial charge in [-0.15, -0.1) is 0 Å². The van der Waals surface area contributed by atoms with Crippen molar-refractivity contribution in [3.8, 4) is 0 Å². The van der Waals surface area contributed by atoms with Crippen LogP contribution in [-0.2, 0) is 26.2 Å². The number of carbonyl (C=O) groups excluding carboxylic acids is 2. The molecule has 0 spiro atoms. The zero-order chi connectivity index (χ0) is 24.6. The third-order valence-corrected chi connectivity index (χ3v) is 6.72. The number of rotatable bonds is 11. The second-order valence-corrected chi connectivity index (χ2v) is 10.3. The molecule has 0 aromatic heterocycles. The van der Waals surface area contributed by atoms with Gasteiger partial charge in [0.25, 0.3) is 0 Å². The third kappa shape index (κ3) is 7.60. The standard InChI is InChI=1S/C25H35N3O4S/c1-6-20(4)26-25(30)23(7-2)27(17-21-11-9-8-10-12-21)24(29)18-28(33(5,31)32)22-15-13-19(3)14-16-22/h8-16,20,23H,6-7,17-18H2,1-5H3,(H,26,30). The van der Waals surface area contributed by atoms with Crippen LogP contribution in [0.4, 0.5) is 5.69 Å². The third-order valence-electron chi connectivity index (χ3n) is 5.58. The highest BCUT2D eigenvalue weighted by molar-refractivity contribution is 7.92. The van der Waals surface area contributed by atoms with E-state index in [1.807, 2.05) is 58.0 Å². The Morgan fingerprint density at radius 3 is 2.09 bits per heavy atom. The van der Waals surface area contributed by atoms with Gasteiger partial charge in [-0.25, -0.2) is 8.42 Å². The van der Waals surface area contributed by atoms with Crippen LogP contribution >= 0.6 is 0 Å². The molecule has 2 rings (SSSR count). The van der Waals surface area contributed by atoms with E-state index in [4.69, 9.17) is 0 Å². The molecule has 2 unspecified atom stereocenters. The lowest BCUT2D eigenvalue weighted by Gasteiger charge is -2.33. The number of hydrogen-bond donors (Lipinski definition) is 1. The molecule has 0 bridgehead atoms. The van der Waals surface area contributed by atoms with Crippen LogP contribution in [0, 0.1) is 6.92 Å². The van der Waals surface area contributed by atoms with Gasteiger partial charge in [-0.2, -0.15) is 0 Å². The van der Waals surface area contributed by atoms with E-state index in [2.05, 4.69) is 5.32 Å². The number of anilines is 1. The van der Waals surface area contributed by atoms with Gasteiger partial charge in [0.15, 0.2) is 0 Å². The van der Waals surface area contributed by atoms with Crippen molar-refractivity contribution in [3.63, 3.8) is 0 Å². The van der Waals surface area contributed by atoms with E-state index in [1.165, 1.54) is 4.90 Å². The number of amides is 2. The molecular weight excluding hydrogens is 438 g/mol. The minimum absolute atomic E-state index is 0.0275. The first kappa shape index (κ1) is 26.4. The van der Waals surface area contributed by atoms with Crippen molar-refractivity contribution in [3.05, 3.63) is 65.7 Å². The number of hydrogen-bond acceptors (Lipinski definition) is 4. The topological polar surface area (TPSA) is 86.8 Å². The summed E-state index contributed by atoms with van der Waals surface area (Å²) < 4.78 is 26.2. The Hall–Kier alpha value is -2.87. The van der Waals surface area contributed by atoms with Crippen LogP contribution in [-0.4, -0.2) is 50.0 Å². The van der Waals surface area contributed by atoms with Crippen molar-refractivity contribution in [1.82, 2.24) is 10.2 Å². The number of benzene rings is 2.